The molecule has 2 N–H and O–H groups in total. The summed E-state index contributed by atoms with van der Waals surface area (Å²) in [6.07, 6.45) is 2.60. The summed E-state index contributed by atoms with van der Waals surface area (Å²) in [5.41, 5.74) is 5.90. The lowest BCUT2D eigenvalue weighted by Crippen LogP contribution is -2.50. The largest absolute Gasteiger partial charge is 0.474 e. The van der Waals surface area contributed by atoms with Crippen LogP contribution in [0.4, 0.5) is 4.39 Å². The summed E-state index contributed by atoms with van der Waals surface area (Å²) in [5, 5.41) is 0. The lowest BCUT2D eigenvalue weighted by Gasteiger charge is -2.34. The molecule has 1 aromatic heterocycles. The predicted octanol–water partition coefficient (Wildman–Crippen LogP) is 2.42. The Hall–Kier alpha value is -1.11. The Bertz CT molecular complexity index is 480. The van der Waals surface area contributed by atoms with E-state index in [0.29, 0.717) is 19.0 Å². The Balaban J connectivity index is 0.00000242. The number of halogens is 3. The van der Waals surface area contributed by atoms with Gasteiger partial charge in [0.15, 0.2) is 0 Å². The molecule has 1 fully saturated rings. The number of hydrogen-bond acceptors (Lipinski definition) is 4. The van der Waals surface area contributed by atoms with Crippen molar-refractivity contribution in [3.8, 4) is 5.88 Å². The smallest absolute Gasteiger partial charge is 0.239 e. The van der Waals surface area contributed by atoms with Crippen molar-refractivity contribution < 1.29 is 13.9 Å². The van der Waals surface area contributed by atoms with E-state index in [1.165, 1.54) is 12.1 Å². The van der Waals surface area contributed by atoms with Gasteiger partial charge in [-0.2, -0.15) is 0 Å². The molecule has 0 spiro atoms. The van der Waals surface area contributed by atoms with Gasteiger partial charge in [-0.1, -0.05) is 13.8 Å². The highest BCUT2D eigenvalue weighted by Gasteiger charge is 2.28. The number of hydrogen-bond donors (Lipinski definition) is 1. The van der Waals surface area contributed by atoms with Crippen molar-refractivity contribution in [2.45, 2.75) is 38.8 Å². The third kappa shape index (κ3) is 6.12. The molecule has 0 aromatic carbocycles. The second-order valence-corrected chi connectivity index (χ2v) is 5.73. The van der Waals surface area contributed by atoms with E-state index in [9.17, 15) is 9.18 Å². The van der Waals surface area contributed by atoms with Crippen molar-refractivity contribution in [1.29, 1.82) is 0 Å². The molecule has 1 aliphatic rings. The molecule has 2 heterocycles. The Morgan fingerprint density at radius 1 is 1.35 bits per heavy atom. The van der Waals surface area contributed by atoms with Crippen LogP contribution in [0.2, 0.25) is 0 Å². The van der Waals surface area contributed by atoms with Crippen LogP contribution >= 0.6 is 24.8 Å². The molecular weight excluding hydrogens is 344 g/mol. The van der Waals surface area contributed by atoms with Gasteiger partial charge < -0.3 is 15.4 Å². The van der Waals surface area contributed by atoms with Crippen molar-refractivity contribution in [3.63, 3.8) is 0 Å². The summed E-state index contributed by atoms with van der Waals surface area (Å²) in [6.45, 7) is 5.15. The fourth-order valence-electron chi connectivity index (χ4n) is 2.29. The monoisotopic (exact) mass is 367 g/mol. The number of nitrogens with zero attached hydrogens (tertiary/aromatic N) is 2. The summed E-state index contributed by atoms with van der Waals surface area (Å²) in [6, 6.07) is 2.39. The zero-order valence-corrected chi connectivity index (χ0v) is 14.9. The second kappa shape index (κ2) is 9.90. The normalized spacial score (nSPS) is 16.3. The van der Waals surface area contributed by atoms with Crippen LogP contribution in [0.25, 0.3) is 0 Å². The fraction of sp³-hybridized carbons (Fsp3) is 0.600. The van der Waals surface area contributed by atoms with Crippen LogP contribution in [-0.4, -0.2) is 41.0 Å². The minimum absolute atomic E-state index is 0. The van der Waals surface area contributed by atoms with Gasteiger partial charge in [0.2, 0.25) is 11.8 Å². The van der Waals surface area contributed by atoms with Crippen LogP contribution in [0.5, 0.6) is 5.88 Å². The molecule has 8 heteroatoms. The number of piperidine rings is 1. The van der Waals surface area contributed by atoms with Crippen molar-refractivity contribution in [3.05, 3.63) is 24.1 Å². The Labute approximate surface area is 148 Å². The van der Waals surface area contributed by atoms with Gasteiger partial charge in [-0.05, 0) is 12.0 Å². The van der Waals surface area contributed by atoms with E-state index < -0.39 is 6.04 Å². The number of likely N-dealkylation sites (tertiary alicyclic amines) is 1. The van der Waals surface area contributed by atoms with Gasteiger partial charge in [0, 0.05) is 32.0 Å². The molecular formula is C15H24Cl2FN3O2. The first-order valence-electron chi connectivity index (χ1n) is 7.30. The third-order valence-corrected chi connectivity index (χ3v) is 3.74. The molecule has 132 valence electrons. The number of carbonyl (C=O) groups is 1. The second-order valence-electron chi connectivity index (χ2n) is 5.73. The molecule has 0 bridgehead atoms. The number of amides is 1. The minimum Gasteiger partial charge on any atom is -0.474 e. The average Bonchev–Trinajstić information content (AvgIpc) is 2.49. The fourth-order valence-corrected chi connectivity index (χ4v) is 2.29. The first kappa shape index (κ1) is 21.9. The van der Waals surface area contributed by atoms with Crippen LogP contribution in [0.15, 0.2) is 18.3 Å². The highest BCUT2D eigenvalue weighted by Crippen LogP contribution is 2.18. The van der Waals surface area contributed by atoms with E-state index in [2.05, 4.69) is 4.98 Å². The van der Waals surface area contributed by atoms with E-state index in [4.69, 9.17) is 10.5 Å². The van der Waals surface area contributed by atoms with Gasteiger partial charge in [-0.15, -0.1) is 24.8 Å². The standard InChI is InChI=1S/C15H22FN3O2.2ClH/c1-10(2)14(17)15(20)19-7-5-12(6-8-19)21-13-4-3-11(16)9-18-13;;/h3-4,9-10,12,14H,5-8,17H2,1-2H3;2*1H/t14-;;/m0../s1. The Kier molecular flexibility index (Phi) is 9.42. The molecule has 1 aliphatic heterocycles. The molecule has 1 saturated heterocycles. The van der Waals surface area contributed by atoms with Crippen molar-refractivity contribution in [1.82, 2.24) is 9.88 Å². The molecule has 0 aliphatic carbocycles. The zero-order chi connectivity index (χ0) is 15.4. The highest BCUT2D eigenvalue weighted by molar-refractivity contribution is 5.85. The maximum absolute atomic E-state index is 12.8. The molecule has 2 rings (SSSR count). The molecule has 0 unspecified atom stereocenters. The summed E-state index contributed by atoms with van der Waals surface area (Å²) in [4.78, 5) is 17.8. The number of nitrogens with two attached hydrogens (primary N) is 1. The van der Waals surface area contributed by atoms with Gasteiger partial charge in [-0.25, -0.2) is 9.37 Å². The first-order valence-corrected chi connectivity index (χ1v) is 7.30. The first-order chi connectivity index (χ1) is 9.97. The van der Waals surface area contributed by atoms with E-state index >= 15 is 0 Å². The number of carbonyl (C=O) groups excluding carboxylic acids is 1. The maximum Gasteiger partial charge on any atom is 0.239 e. The van der Waals surface area contributed by atoms with E-state index in [1.807, 2.05) is 13.8 Å². The summed E-state index contributed by atoms with van der Waals surface area (Å²) in [7, 11) is 0. The van der Waals surface area contributed by atoms with Crippen LogP contribution in [0.3, 0.4) is 0 Å². The van der Waals surface area contributed by atoms with Crippen molar-refractivity contribution in [2.24, 2.45) is 11.7 Å². The molecule has 1 aromatic rings. The minimum atomic E-state index is -0.443. The topological polar surface area (TPSA) is 68.5 Å². The molecule has 0 saturated carbocycles. The third-order valence-electron chi connectivity index (χ3n) is 3.74. The highest BCUT2D eigenvalue weighted by atomic mass is 35.5. The van der Waals surface area contributed by atoms with Crippen LogP contribution in [0, 0.1) is 11.7 Å². The number of aromatic nitrogens is 1. The quantitative estimate of drug-likeness (QED) is 0.886. The van der Waals surface area contributed by atoms with Crippen molar-refractivity contribution in [2.75, 3.05) is 13.1 Å². The number of pyridine rings is 1. The maximum atomic E-state index is 12.8. The summed E-state index contributed by atoms with van der Waals surface area (Å²) in [5.74, 6) is 0.170. The predicted molar refractivity (Wildman–Crippen MR) is 91.7 cm³/mol. The molecule has 0 radical (unpaired) electrons. The van der Waals surface area contributed by atoms with Crippen LogP contribution in [0.1, 0.15) is 26.7 Å². The van der Waals surface area contributed by atoms with Gasteiger partial charge in [0.1, 0.15) is 11.9 Å². The van der Waals surface area contributed by atoms with Gasteiger partial charge in [0.05, 0.1) is 12.2 Å². The van der Waals surface area contributed by atoms with Gasteiger partial charge in [0.25, 0.3) is 0 Å². The molecule has 5 nitrogen and oxygen atoms in total. The van der Waals surface area contributed by atoms with E-state index in [0.717, 1.165) is 19.0 Å². The van der Waals surface area contributed by atoms with Gasteiger partial charge >= 0.3 is 0 Å². The lowest BCUT2D eigenvalue weighted by atomic mass is 10.0. The van der Waals surface area contributed by atoms with E-state index in [1.54, 1.807) is 4.90 Å². The molecule has 1 amide bonds. The molecule has 1 atom stereocenters. The SMILES string of the molecule is CC(C)[C@H](N)C(=O)N1CCC(Oc2ccc(F)cn2)CC1.Cl.Cl. The Morgan fingerprint density at radius 2 is 1.96 bits per heavy atom. The molecule has 23 heavy (non-hydrogen) atoms. The number of rotatable bonds is 4. The van der Waals surface area contributed by atoms with Crippen LogP contribution < -0.4 is 10.5 Å². The number of ether oxygens (including phenoxy) is 1. The van der Waals surface area contributed by atoms with E-state index in [-0.39, 0.29) is 48.6 Å². The zero-order valence-electron chi connectivity index (χ0n) is 13.3. The van der Waals surface area contributed by atoms with Gasteiger partial charge in [-0.3, -0.25) is 4.79 Å². The van der Waals surface area contributed by atoms with Crippen molar-refractivity contribution >= 4 is 30.7 Å². The average molecular weight is 368 g/mol. The Morgan fingerprint density at radius 3 is 2.43 bits per heavy atom. The lowest BCUT2D eigenvalue weighted by molar-refractivity contribution is -0.135. The van der Waals surface area contributed by atoms with Crippen LogP contribution in [-0.2, 0) is 4.79 Å². The summed E-state index contributed by atoms with van der Waals surface area (Å²) < 4.78 is 18.5. The summed E-state index contributed by atoms with van der Waals surface area (Å²) >= 11 is 0.